The molecule has 0 saturated heterocycles. The van der Waals surface area contributed by atoms with Crippen LogP contribution < -0.4 is 5.32 Å². The summed E-state index contributed by atoms with van der Waals surface area (Å²) in [5, 5.41) is 2.65. The second-order valence-corrected chi connectivity index (χ2v) is 6.13. The van der Waals surface area contributed by atoms with Gasteiger partial charge in [-0.15, -0.1) is 0 Å². The maximum absolute atomic E-state index is 11.3. The highest BCUT2D eigenvalue weighted by atomic mass is 16.6. The molecule has 0 aliphatic carbocycles. The normalized spacial score (nSPS) is 11.1. The highest BCUT2D eigenvalue weighted by Gasteiger charge is 2.06. The van der Waals surface area contributed by atoms with Gasteiger partial charge in [-0.25, -0.2) is 0 Å². The third-order valence-electron chi connectivity index (χ3n) is 3.36. The molecule has 0 bridgehead atoms. The van der Waals surface area contributed by atoms with Crippen molar-refractivity contribution in [3.8, 4) is 0 Å². The van der Waals surface area contributed by atoms with Crippen LogP contribution in [-0.4, -0.2) is 97.5 Å². The van der Waals surface area contributed by atoms with Gasteiger partial charge in [0.15, 0.2) is 5.78 Å². The summed E-state index contributed by atoms with van der Waals surface area (Å²) in [6, 6.07) is 0. The summed E-state index contributed by atoms with van der Waals surface area (Å²) in [7, 11) is 0. The van der Waals surface area contributed by atoms with Crippen LogP contribution in [0.1, 0.15) is 20.8 Å². The van der Waals surface area contributed by atoms with E-state index in [0.29, 0.717) is 72.6 Å². The second-order valence-electron chi connectivity index (χ2n) is 6.13. The molecule has 9 heteroatoms. The maximum Gasteiger partial charge on any atom is 0.245 e. The van der Waals surface area contributed by atoms with E-state index in [-0.39, 0.29) is 30.8 Å². The largest absolute Gasteiger partial charge is 0.377 e. The molecule has 1 amide bonds. The van der Waals surface area contributed by atoms with Gasteiger partial charge in [0.25, 0.3) is 0 Å². The Morgan fingerprint density at radius 2 is 1.00 bits per heavy atom. The molecule has 0 aromatic carbocycles. The van der Waals surface area contributed by atoms with Crippen LogP contribution in [0.15, 0.2) is 0 Å². The summed E-state index contributed by atoms with van der Waals surface area (Å²) in [5.41, 5.74) is 0. The Morgan fingerprint density at radius 3 is 1.36 bits per heavy atom. The van der Waals surface area contributed by atoms with E-state index < -0.39 is 0 Å². The standard InChI is InChI=1S/C19H37NO8/c1-4-20-19(22)16-28-14-12-26-10-8-24-6-5-23-7-9-25-11-13-27-15-18(21)17(2)3/h17H,4-16H2,1-3H3,(H,20,22). The molecule has 0 rings (SSSR count). The number of rotatable bonds is 21. The van der Waals surface area contributed by atoms with Crippen molar-refractivity contribution in [1.29, 1.82) is 0 Å². The Labute approximate surface area is 168 Å². The molecule has 166 valence electrons. The number of hydrogen-bond donors (Lipinski definition) is 1. The lowest BCUT2D eigenvalue weighted by molar-refractivity contribution is -0.127. The third-order valence-corrected chi connectivity index (χ3v) is 3.36. The molecule has 0 heterocycles. The van der Waals surface area contributed by atoms with Gasteiger partial charge in [0.2, 0.25) is 5.91 Å². The average Bonchev–Trinajstić information content (AvgIpc) is 2.66. The zero-order chi connectivity index (χ0) is 20.9. The van der Waals surface area contributed by atoms with E-state index in [1.807, 2.05) is 20.8 Å². The zero-order valence-electron chi connectivity index (χ0n) is 17.5. The van der Waals surface area contributed by atoms with Crippen molar-refractivity contribution < 1.29 is 38.0 Å². The van der Waals surface area contributed by atoms with E-state index >= 15 is 0 Å². The first-order chi connectivity index (χ1) is 13.6. The van der Waals surface area contributed by atoms with E-state index in [1.54, 1.807) is 0 Å². The predicted octanol–water partition coefficient (Wildman–Crippen LogP) is 0.447. The van der Waals surface area contributed by atoms with Gasteiger partial charge in [-0.3, -0.25) is 9.59 Å². The molecular weight excluding hydrogens is 370 g/mol. The smallest absolute Gasteiger partial charge is 0.245 e. The SMILES string of the molecule is CCNC(=O)COCCOCCOCCOCCOCCOCC(=O)C(C)C. The number of carbonyl (C=O) groups excluding carboxylic acids is 2. The molecule has 1 N–H and O–H groups in total. The molecule has 0 radical (unpaired) electrons. The molecular formula is C19H37NO8. The summed E-state index contributed by atoms with van der Waals surface area (Å²) >= 11 is 0. The quantitative estimate of drug-likeness (QED) is 0.274. The fraction of sp³-hybridized carbons (Fsp3) is 0.895. The second kappa shape index (κ2) is 20.6. The van der Waals surface area contributed by atoms with Crippen molar-refractivity contribution in [2.24, 2.45) is 5.92 Å². The molecule has 0 fully saturated rings. The molecule has 0 aromatic rings. The first kappa shape index (κ1) is 26.9. The summed E-state index contributed by atoms with van der Waals surface area (Å²) in [4.78, 5) is 22.4. The van der Waals surface area contributed by atoms with E-state index in [2.05, 4.69) is 5.32 Å². The van der Waals surface area contributed by atoms with Crippen molar-refractivity contribution >= 4 is 11.7 Å². The van der Waals surface area contributed by atoms with Crippen LogP contribution in [0.4, 0.5) is 0 Å². The summed E-state index contributed by atoms with van der Waals surface area (Å²) < 4.78 is 31.8. The molecule has 0 saturated carbocycles. The van der Waals surface area contributed by atoms with Gasteiger partial charge in [-0.1, -0.05) is 13.8 Å². The lowest BCUT2D eigenvalue weighted by atomic mass is 10.1. The van der Waals surface area contributed by atoms with Gasteiger partial charge in [0.1, 0.15) is 13.2 Å². The molecule has 0 unspecified atom stereocenters. The Morgan fingerprint density at radius 1 is 0.643 bits per heavy atom. The molecule has 0 atom stereocenters. The Kier molecular flexibility index (Phi) is 19.8. The van der Waals surface area contributed by atoms with Crippen LogP contribution in [0, 0.1) is 5.92 Å². The monoisotopic (exact) mass is 407 g/mol. The number of hydrogen-bond acceptors (Lipinski definition) is 8. The number of ether oxygens (including phenoxy) is 6. The third kappa shape index (κ3) is 19.7. The number of amides is 1. The average molecular weight is 408 g/mol. The number of carbonyl (C=O) groups is 2. The molecule has 9 nitrogen and oxygen atoms in total. The first-order valence-corrected chi connectivity index (χ1v) is 9.83. The Balaban J connectivity index is 3.10. The van der Waals surface area contributed by atoms with Gasteiger partial charge in [0.05, 0.1) is 66.1 Å². The maximum atomic E-state index is 11.3. The fourth-order valence-corrected chi connectivity index (χ4v) is 1.75. The van der Waals surface area contributed by atoms with Crippen LogP contribution in [0.2, 0.25) is 0 Å². The number of likely N-dealkylation sites (N-methyl/N-ethyl adjacent to an activating group) is 1. The summed E-state index contributed by atoms with van der Waals surface area (Å²) in [5.74, 6) is -0.0247. The highest BCUT2D eigenvalue weighted by molar-refractivity contribution is 5.81. The predicted molar refractivity (Wildman–Crippen MR) is 103 cm³/mol. The van der Waals surface area contributed by atoms with Crippen molar-refractivity contribution in [3.63, 3.8) is 0 Å². The lowest BCUT2D eigenvalue weighted by Crippen LogP contribution is -2.27. The fourth-order valence-electron chi connectivity index (χ4n) is 1.75. The van der Waals surface area contributed by atoms with Crippen LogP contribution >= 0.6 is 0 Å². The molecule has 28 heavy (non-hydrogen) atoms. The topological polar surface area (TPSA) is 102 Å². The van der Waals surface area contributed by atoms with Crippen LogP contribution in [0.25, 0.3) is 0 Å². The van der Waals surface area contributed by atoms with Gasteiger partial charge in [-0.2, -0.15) is 0 Å². The van der Waals surface area contributed by atoms with E-state index in [1.165, 1.54) is 0 Å². The molecule has 0 aliphatic heterocycles. The first-order valence-electron chi connectivity index (χ1n) is 9.83. The number of nitrogens with one attached hydrogen (secondary N) is 1. The Bertz CT molecular complexity index is 379. The molecule has 0 aliphatic rings. The minimum atomic E-state index is -0.123. The zero-order valence-corrected chi connectivity index (χ0v) is 17.5. The summed E-state index contributed by atoms with van der Waals surface area (Å²) in [6.07, 6.45) is 0. The summed E-state index contributed by atoms with van der Waals surface area (Å²) in [6.45, 7) is 10.9. The Hall–Kier alpha value is -1.10. The van der Waals surface area contributed by atoms with Crippen molar-refractivity contribution in [1.82, 2.24) is 5.32 Å². The molecule has 0 spiro atoms. The van der Waals surface area contributed by atoms with E-state index in [9.17, 15) is 9.59 Å². The van der Waals surface area contributed by atoms with Crippen molar-refractivity contribution in [3.05, 3.63) is 0 Å². The van der Waals surface area contributed by atoms with Crippen molar-refractivity contribution in [2.45, 2.75) is 20.8 Å². The number of Topliss-reactive ketones (excluding diaryl/α,β-unsaturated/α-hetero) is 1. The minimum Gasteiger partial charge on any atom is -0.377 e. The van der Waals surface area contributed by atoms with Crippen molar-refractivity contribution in [2.75, 3.05) is 85.8 Å². The van der Waals surface area contributed by atoms with E-state index in [4.69, 9.17) is 28.4 Å². The van der Waals surface area contributed by atoms with Crippen LogP contribution in [0.3, 0.4) is 0 Å². The van der Waals surface area contributed by atoms with E-state index in [0.717, 1.165) is 0 Å². The minimum absolute atomic E-state index is 0.00199. The van der Waals surface area contributed by atoms with Gasteiger partial charge in [-0.05, 0) is 6.92 Å². The van der Waals surface area contributed by atoms with Crippen LogP contribution in [0.5, 0.6) is 0 Å². The molecule has 0 aromatic heterocycles. The van der Waals surface area contributed by atoms with Gasteiger partial charge >= 0.3 is 0 Å². The number of ketones is 1. The lowest BCUT2D eigenvalue weighted by Gasteiger charge is -2.08. The van der Waals surface area contributed by atoms with Gasteiger partial charge in [0, 0.05) is 12.5 Å². The van der Waals surface area contributed by atoms with Crippen LogP contribution in [-0.2, 0) is 38.0 Å². The van der Waals surface area contributed by atoms with Gasteiger partial charge < -0.3 is 33.7 Å². The highest BCUT2D eigenvalue weighted by Crippen LogP contribution is 1.94.